The van der Waals surface area contributed by atoms with Crippen molar-refractivity contribution < 1.29 is 17.6 Å². The van der Waals surface area contributed by atoms with E-state index < -0.39 is 6.43 Å². The van der Waals surface area contributed by atoms with E-state index in [-0.39, 0.29) is 17.4 Å². The maximum absolute atomic E-state index is 13.0. The Balaban J connectivity index is 1.71. The molecule has 21 heavy (non-hydrogen) atoms. The summed E-state index contributed by atoms with van der Waals surface area (Å²) in [6.45, 7) is 0.374. The first kappa shape index (κ1) is 13.5. The first-order valence-corrected chi connectivity index (χ1v) is 6.29. The molecular weight excluding hydrogens is 281 g/mol. The first-order valence-electron chi connectivity index (χ1n) is 6.29. The molecule has 0 fully saturated rings. The molecule has 1 heterocycles. The summed E-state index contributed by atoms with van der Waals surface area (Å²) in [6, 6.07) is 10.3. The minimum atomic E-state index is -2.47. The predicted octanol–water partition coefficient (Wildman–Crippen LogP) is 4.52. The number of hydrogen-bond acceptors (Lipinski definition) is 3. The van der Waals surface area contributed by atoms with Gasteiger partial charge in [-0.15, -0.1) is 0 Å². The quantitative estimate of drug-likeness (QED) is 0.768. The van der Waals surface area contributed by atoms with Crippen molar-refractivity contribution in [2.75, 3.05) is 5.32 Å². The molecule has 0 amide bonds. The fraction of sp³-hybridized carbons (Fsp3) is 0.133. The van der Waals surface area contributed by atoms with E-state index in [4.69, 9.17) is 4.42 Å². The first-order chi connectivity index (χ1) is 10.1. The third-order valence-electron chi connectivity index (χ3n) is 3.03. The Morgan fingerprint density at radius 1 is 1.10 bits per heavy atom. The zero-order chi connectivity index (χ0) is 14.8. The summed E-state index contributed by atoms with van der Waals surface area (Å²) < 4.78 is 43.3. The van der Waals surface area contributed by atoms with Gasteiger partial charge in [-0.25, -0.2) is 13.2 Å². The van der Waals surface area contributed by atoms with Crippen molar-refractivity contribution in [2.24, 2.45) is 0 Å². The van der Waals surface area contributed by atoms with Crippen LogP contribution in [0.3, 0.4) is 0 Å². The maximum atomic E-state index is 13.0. The van der Waals surface area contributed by atoms with Gasteiger partial charge in [-0.2, -0.15) is 4.98 Å². The van der Waals surface area contributed by atoms with Gasteiger partial charge in [0, 0.05) is 18.2 Å². The number of oxazole rings is 1. The average molecular weight is 292 g/mol. The molecule has 3 rings (SSSR count). The minimum absolute atomic E-state index is 0.0175. The highest BCUT2D eigenvalue weighted by atomic mass is 19.3. The van der Waals surface area contributed by atoms with Gasteiger partial charge in [0.25, 0.3) is 12.4 Å². The SMILES string of the molecule is Fc1ccc2oc(NCc3ccc(C(F)F)cc3)nc2c1. The molecule has 6 heteroatoms. The van der Waals surface area contributed by atoms with Gasteiger partial charge < -0.3 is 9.73 Å². The van der Waals surface area contributed by atoms with Crippen LogP contribution in [0.25, 0.3) is 11.1 Å². The molecule has 108 valence electrons. The lowest BCUT2D eigenvalue weighted by molar-refractivity contribution is 0.151. The van der Waals surface area contributed by atoms with Crippen LogP contribution in [0.15, 0.2) is 46.9 Å². The normalized spacial score (nSPS) is 11.2. The zero-order valence-electron chi connectivity index (χ0n) is 10.8. The average Bonchev–Trinajstić information content (AvgIpc) is 2.87. The molecule has 0 spiro atoms. The summed E-state index contributed by atoms with van der Waals surface area (Å²) >= 11 is 0. The monoisotopic (exact) mass is 292 g/mol. The maximum Gasteiger partial charge on any atom is 0.295 e. The van der Waals surface area contributed by atoms with Gasteiger partial charge in [-0.1, -0.05) is 24.3 Å². The topological polar surface area (TPSA) is 38.1 Å². The fourth-order valence-electron chi connectivity index (χ4n) is 1.93. The number of hydrogen-bond donors (Lipinski definition) is 1. The third-order valence-corrected chi connectivity index (χ3v) is 3.03. The highest BCUT2D eigenvalue weighted by Crippen LogP contribution is 2.21. The Kier molecular flexibility index (Phi) is 3.51. The van der Waals surface area contributed by atoms with Crippen molar-refractivity contribution in [3.63, 3.8) is 0 Å². The van der Waals surface area contributed by atoms with Crippen molar-refractivity contribution >= 4 is 17.1 Å². The van der Waals surface area contributed by atoms with Crippen LogP contribution in [0.4, 0.5) is 19.2 Å². The van der Waals surface area contributed by atoms with E-state index in [1.54, 1.807) is 12.1 Å². The van der Waals surface area contributed by atoms with Crippen molar-refractivity contribution in [2.45, 2.75) is 13.0 Å². The van der Waals surface area contributed by atoms with Crippen molar-refractivity contribution in [1.29, 1.82) is 0 Å². The van der Waals surface area contributed by atoms with Crippen LogP contribution in [0.5, 0.6) is 0 Å². The molecular formula is C15H11F3N2O. The fourth-order valence-corrected chi connectivity index (χ4v) is 1.93. The van der Waals surface area contributed by atoms with E-state index in [9.17, 15) is 13.2 Å². The van der Waals surface area contributed by atoms with E-state index >= 15 is 0 Å². The molecule has 1 aromatic heterocycles. The van der Waals surface area contributed by atoms with Crippen molar-refractivity contribution in [1.82, 2.24) is 4.98 Å². The minimum Gasteiger partial charge on any atom is -0.424 e. The molecule has 0 aliphatic heterocycles. The molecule has 0 bridgehead atoms. The smallest absolute Gasteiger partial charge is 0.295 e. The Hall–Kier alpha value is -2.50. The molecule has 3 aromatic rings. The van der Waals surface area contributed by atoms with E-state index in [1.165, 1.54) is 30.3 Å². The van der Waals surface area contributed by atoms with Crippen LogP contribution in [0.2, 0.25) is 0 Å². The zero-order valence-corrected chi connectivity index (χ0v) is 10.8. The Morgan fingerprint density at radius 2 is 1.86 bits per heavy atom. The number of aromatic nitrogens is 1. The van der Waals surface area contributed by atoms with Gasteiger partial charge in [0.1, 0.15) is 11.3 Å². The number of alkyl halides is 2. The van der Waals surface area contributed by atoms with E-state index in [2.05, 4.69) is 10.3 Å². The summed E-state index contributed by atoms with van der Waals surface area (Å²) in [5.41, 5.74) is 1.70. The number of anilines is 1. The van der Waals surface area contributed by atoms with Gasteiger partial charge in [0.15, 0.2) is 5.58 Å². The number of nitrogens with one attached hydrogen (secondary N) is 1. The van der Waals surface area contributed by atoms with Crippen LogP contribution in [0, 0.1) is 5.82 Å². The van der Waals surface area contributed by atoms with Crippen LogP contribution < -0.4 is 5.32 Å². The van der Waals surface area contributed by atoms with Gasteiger partial charge in [0.2, 0.25) is 0 Å². The van der Waals surface area contributed by atoms with Crippen LogP contribution in [-0.2, 0) is 6.54 Å². The predicted molar refractivity (Wildman–Crippen MR) is 72.7 cm³/mol. The summed E-state index contributed by atoms with van der Waals surface area (Å²) in [6.07, 6.45) is -2.47. The Labute approximate surface area is 118 Å². The second-order valence-electron chi connectivity index (χ2n) is 4.53. The molecule has 0 radical (unpaired) electrons. The number of halogens is 3. The van der Waals surface area contributed by atoms with E-state index in [0.29, 0.717) is 17.6 Å². The standard InChI is InChI=1S/C15H11F3N2O/c16-11-5-6-13-12(7-11)20-15(21-13)19-8-9-1-3-10(4-2-9)14(17)18/h1-7,14H,8H2,(H,19,20). The summed E-state index contributed by atoms with van der Waals surface area (Å²) in [5.74, 6) is -0.384. The summed E-state index contributed by atoms with van der Waals surface area (Å²) in [4.78, 5) is 4.10. The van der Waals surface area contributed by atoms with Crippen molar-refractivity contribution in [3.05, 3.63) is 59.4 Å². The second-order valence-corrected chi connectivity index (χ2v) is 4.53. The van der Waals surface area contributed by atoms with Crippen LogP contribution in [-0.4, -0.2) is 4.98 Å². The van der Waals surface area contributed by atoms with Gasteiger partial charge >= 0.3 is 0 Å². The molecule has 0 aliphatic rings. The molecule has 1 N–H and O–H groups in total. The summed E-state index contributed by atoms with van der Waals surface area (Å²) in [5, 5.41) is 2.93. The number of nitrogens with zero attached hydrogens (tertiary/aromatic N) is 1. The molecule has 0 saturated carbocycles. The molecule has 0 unspecified atom stereocenters. The molecule has 3 nitrogen and oxygen atoms in total. The Morgan fingerprint density at radius 3 is 2.57 bits per heavy atom. The highest BCUT2D eigenvalue weighted by molar-refractivity contribution is 5.74. The lowest BCUT2D eigenvalue weighted by Crippen LogP contribution is -1.99. The molecule has 2 aromatic carbocycles. The lowest BCUT2D eigenvalue weighted by atomic mass is 10.1. The molecule has 0 saturated heterocycles. The highest BCUT2D eigenvalue weighted by Gasteiger charge is 2.08. The molecule has 0 atom stereocenters. The van der Waals surface area contributed by atoms with Gasteiger partial charge in [0.05, 0.1) is 0 Å². The van der Waals surface area contributed by atoms with Crippen molar-refractivity contribution in [3.8, 4) is 0 Å². The second kappa shape index (κ2) is 5.47. The lowest BCUT2D eigenvalue weighted by Gasteiger charge is -2.04. The number of rotatable bonds is 4. The van der Waals surface area contributed by atoms with Gasteiger partial charge in [-0.05, 0) is 17.7 Å². The van der Waals surface area contributed by atoms with Crippen LogP contribution in [0.1, 0.15) is 17.6 Å². The van der Waals surface area contributed by atoms with E-state index in [1.807, 2.05) is 0 Å². The Bertz CT molecular complexity index is 753. The largest absolute Gasteiger partial charge is 0.424 e. The third kappa shape index (κ3) is 2.99. The van der Waals surface area contributed by atoms with Crippen LogP contribution >= 0.6 is 0 Å². The number of fused-ring (bicyclic) bond motifs is 1. The molecule has 0 aliphatic carbocycles. The summed E-state index contributed by atoms with van der Waals surface area (Å²) in [7, 11) is 0. The van der Waals surface area contributed by atoms with E-state index in [0.717, 1.165) is 5.56 Å². The van der Waals surface area contributed by atoms with Gasteiger partial charge in [-0.3, -0.25) is 0 Å². The number of benzene rings is 2.